The molecule has 0 unspecified atom stereocenters. The van der Waals surface area contributed by atoms with Gasteiger partial charge in [0.2, 0.25) is 5.91 Å². The van der Waals surface area contributed by atoms with E-state index in [-0.39, 0.29) is 17.7 Å². The molecule has 0 fully saturated rings. The Bertz CT molecular complexity index is 489. The maximum atomic E-state index is 12.2. The number of thioether (sulfide) groups is 1. The van der Waals surface area contributed by atoms with Crippen molar-refractivity contribution in [3.8, 4) is 0 Å². The number of hydrogen-bond acceptors (Lipinski definition) is 3. The zero-order valence-corrected chi connectivity index (χ0v) is 11.6. The summed E-state index contributed by atoms with van der Waals surface area (Å²) in [6.45, 7) is 1.76. The number of aliphatic carboxylic acids is 1. The Balaban J connectivity index is 2.03. The van der Waals surface area contributed by atoms with Crippen molar-refractivity contribution in [3.63, 3.8) is 0 Å². The van der Waals surface area contributed by atoms with E-state index in [1.54, 1.807) is 18.7 Å². The average molecular weight is 279 g/mol. The molecule has 1 aliphatic heterocycles. The molecule has 0 saturated carbocycles. The summed E-state index contributed by atoms with van der Waals surface area (Å²) in [7, 11) is 0. The van der Waals surface area contributed by atoms with Gasteiger partial charge >= 0.3 is 5.97 Å². The van der Waals surface area contributed by atoms with E-state index in [2.05, 4.69) is 11.4 Å². The van der Waals surface area contributed by atoms with Crippen molar-refractivity contribution in [2.75, 3.05) is 12.3 Å². The van der Waals surface area contributed by atoms with Crippen molar-refractivity contribution in [2.24, 2.45) is 5.92 Å². The number of carbonyl (C=O) groups excluding carboxylic acids is 1. The van der Waals surface area contributed by atoms with Crippen molar-refractivity contribution >= 4 is 23.6 Å². The predicted molar refractivity (Wildman–Crippen MR) is 75.2 cm³/mol. The Labute approximate surface area is 116 Å². The number of carboxylic acids is 1. The average Bonchev–Trinajstić information content (AvgIpc) is 2.43. The second-order valence-corrected chi connectivity index (χ2v) is 5.90. The number of benzene rings is 1. The molecular weight excluding hydrogens is 262 g/mol. The number of nitrogens with one attached hydrogen (secondary N) is 1. The summed E-state index contributed by atoms with van der Waals surface area (Å²) in [5, 5.41) is 11.3. The van der Waals surface area contributed by atoms with Gasteiger partial charge in [-0.1, -0.05) is 31.2 Å². The molecule has 1 aliphatic rings. The summed E-state index contributed by atoms with van der Waals surface area (Å²) < 4.78 is 0. The molecule has 4 nitrogen and oxygen atoms in total. The quantitative estimate of drug-likeness (QED) is 0.883. The molecule has 1 heterocycles. The molecular formula is C14H17NO3S. The van der Waals surface area contributed by atoms with Gasteiger partial charge in [0.15, 0.2) is 0 Å². The predicted octanol–water partition coefficient (Wildman–Crippen LogP) is 1.85. The fraction of sp³-hybridized carbons (Fsp3) is 0.429. The van der Waals surface area contributed by atoms with Crippen LogP contribution < -0.4 is 5.32 Å². The van der Waals surface area contributed by atoms with E-state index in [1.807, 2.05) is 18.2 Å². The van der Waals surface area contributed by atoms with E-state index < -0.39 is 11.9 Å². The molecule has 2 N–H and O–H groups in total. The number of hydrogen-bond donors (Lipinski definition) is 2. The summed E-state index contributed by atoms with van der Waals surface area (Å²) in [5.74, 6) is -0.626. The lowest BCUT2D eigenvalue weighted by molar-refractivity contribution is -0.141. The van der Waals surface area contributed by atoms with Crippen LogP contribution in [0, 0.1) is 5.92 Å². The molecule has 0 spiro atoms. The van der Waals surface area contributed by atoms with Gasteiger partial charge in [-0.2, -0.15) is 0 Å². The Hall–Kier alpha value is -1.49. The van der Waals surface area contributed by atoms with Crippen molar-refractivity contribution in [1.82, 2.24) is 5.32 Å². The maximum Gasteiger partial charge on any atom is 0.308 e. The molecule has 0 aromatic heterocycles. The molecule has 0 aliphatic carbocycles. The summed E-state index contributed by atoms with van der Waals surface area (Å²) in [6.07, 6.45) is 0.982. The van der Waals surface area contributed by atoms with Crippen LogP contribution in [0.3, 0.4) is 0 Å². The zero-order chi connectivity index (χ0) is 13.8. The third-order valence-corrected chi connectivity index (χ3v) is 4.48. The molecule has 1 amide bonds. The van der Waals surface area contributed by atoms with Gasteiger partial charge in [-0.05, 0) is 23.3 Å². The molecule has 0 radical (unpaired) electrons. The first-order valence-corrected chi connectivity index (χ1v) is 7.34. The minimum Gasteiger partial charge on any atom is -0.481 e. The largest absolute Gasteiger partial charge is 0.481 e. The van der Waals surface area contributed by atoms with Crippen LogP contribution in [0.15, 0.2) is 24.3 Å². The highest BCUT2D eigenvalue weighted by Gasteiger charge is 2.27. The van der Waals surface area contributed by atoms with Crippen LogP contribution in [-0.2, 0) is 16.0 Å². The van der Waals surface area contributed by atoms with Crippen LogP contribution in [0.25, 0.3) is 0 Å². The molecule has 5 heteroatoms. The SMILES string of the molecule is C[C@@H](CNC(=O)[C@H]1SCCc2ccccc21)C(=O)O. The van der Waals surface area contributed by atoms with Gasteiger partial charge in [0.25, 0.3) is 0 Å². The number of aryl methyl sites for hydroxylation is 1. The molecule has 1 aromatic carbocycles. The molecule has 0 saturated heterocycles. The van der Waals surface area contributed by atoms with Crippen molar-refractivity contribution in [2.45, 2.75) is 18.6 Å². The lowest BCUT2D eigenvalue weighted by atomic mass is 10.0. The van der Waals surface area contributed by atoms with Gasteiger partial charge in [0.1, 0.15) is 5.25 Å². The minimum atomic E-state index is -0.892. The highest BCUT2D eigenvalue weighted by molar-refractivity contribution is 8.00. The van der Waals surface area contributed by atoms with E-state index in [1.165, 1.54) is 5.56 Å². The normalized spacial score (nSPS) is 19.3. The van der Waals surface area contributed by atoms with Crippen molar-refractivity contribution in [3.05, 3.63) is 35.4 Å². The first-order valence-electron chi connectivity index (χ1n) is 6.29. The summed E-state index contributed by atoms with van der Waals surface area (Å²) in [4.78, 5) is 22.9. The Morgan fingerprint density at radius 1 is 1.47 bits per heavy atom. The fourth-order valence-electron chi connectivity index (χ4n) is 2.04. The first-order chi connectivity index (χ1) is 9.09. The lowest BCUT2D eigenvalue weighted by Gasteiger charge is -2.24. The number of carboxylic acid groups (broad SMARTS) is 1. The third kappa shape index (κ3) is 3.29. The number of carbonyl (C=O) groups is 2. The van der Waals surface area contributed by atoms with Gasteiger partial charge in [-0.3, -0.25) is 9.59 Å². The zero-order valence-electron chi connectivity index (χ0n) is 10.8. The fourth-order valence-corrected chi connectivity index (χ4v) is 3.26. The Kier molecular flexibility index (Phi) is 4.47. The van der Waals surface area contributed by atoms with E-state index in [0.29, 0.717) is 0 Å². The van der Waals surface area contributed by atoms with E-state index in [0.717, 1.165) is 17.7 Å². The van der Waals surface area contributed by atoms with Crippen LogP contribution in [0.1, 0.15) is 23.3 Å². The van der Waals surface area contributed by atoms with Crippen molar-refractivity contribution < 1.29 is 14.7 Å². The van der Waals surface area contributed by atoms with E-state index >= 15 is 0 Å². The highest BCUT2D eigenvalue weighted by atomic mass is 32.2. The standard InChI is InChI=1S/C14H17NO3S/c1-9(14(17)18)8-15-13(16)12-11-5-3-2-4-10(11)6-7-19-12/h2-5,9,12H,6-8H2,1H3,(H,15,16)(H,17,18)/t9-,12-/m0/s1. The molecule has 2 atom stereocenters. The van der Waals surface area contributed by atoms with Crippen LogP contribution in [-0.4, -0.2) is 29.3 Å². The second kappa shape index (κ2) is 6.10. The summed E-state index contributed by atoms with van der Waals surface area (Å²) in [6, 6.07) is 7.95. The topological polar surface area (TPSA) is 66.4 Å². The van der Waals surface area contributed by atoms with Gasteiger partial charge < -0.3 is 10.4 Å². The molecule has 2 rings (SSSR count). The van der Waals surface area contributed by atoms with E-state index in [9.17, 15) is 9.59 Å². The van der Waals surface area contributed by atoms with Gasteiger partial charge in [-0.25, -0.2) is 0 Å². The molecule has 19 heavy (non-hydrogen) atoms. The number of fused-ring (bicyclic) bond motifs is 1. The number of rotatable bonds is 4. The summed E-state index contributed by atoms with van der Waals surface area (Å²) in [5.41, 5.74) is 2.27. The summed E-state index contributed by atoms with van der Waals surface area (Å²) >= 11 is 1.61. The van der Waals surface area contributed by atoms with Crippen LogP contribution in [0.2, 0.25) is 0 Å². The van der Waals surface area contributed by atoms with Gasteiger partial charge in [0, 0.05) is 6.54 Å². The smallest absolute Gasteiger partial charge is 0.308 e. The Morgan fingerprint density at radius 2 is 2.21 bits per heavy atom. The monoisotopic (exact) mass is 279 g/mol. The van der Waals surface area contributed by atoms with Crippen LogP contribution in [0.4, 0.5) is 0 Å². The molecule has 0 bridgehead atoms. The maximum absolute atomic E-state index is 12.2. The second-order valence-electron chi connectivity index (χ2n) is 4.68. The number of amides is 1. The van der Waals surface area contributed by atoms with Gasteiger partial charge in [-0.15, -0.1) is 11.8 Å². The minimum absolute atomic E-state index is 0.0924. The lowest BCUT2D eigenvalue weighted by Crippen LogP contribution is -2.35. The first kappa shape index (κ1) is 13.9. The Morgan fingerprint density at radius 3 is 2.95 bits per heavy atom. The molecule has 102 valence electrons. The van der Waals surface area contributed by atoms with Gasteiger partial charge in [0.05, 0.1) is 5.92 Å². The highest BCUT2D eigenvalue weighted by Crippen LogP contribution is 2.36. The molecule has 1 aromatic rings. The van der Waals surface area contributed by atoms with Crippen LogP contribution >= 0.6 is 11.8 Å². The van der Waals surface area contributed by atoms with Crippen LogP contribution in [0.5, 0.6) is 0 Å². The third-order valence-electron chi connectivity index (χ3n) is 3.24. The van der Waals surface area contributed by atoms with Crippen molar-refractivity contribution in [1.29, 1.82) is 0 Å². The van der Waals surface area contributed by atoms with E-state index in [4.69, 9.17) is 5.11 Å².